The zero-order valence-corrected chi connectivity index (χ0v) is 28.8. The zero-order chi connectivity index (χ0) is 32.4. The highest BCUT2D eigenvalue weighted by molar-refractivity contribution is 7.99. The first-order chi connectivity index (χ1) is 22.1. The van der Waals surface area contributed by atoms with Crippen LogP contribution in [0.1, 0.15) is 24.4 Å². The van der Waals surface area contributed by atoms with Gasteiger partial charge < -0.3 is 19.4 Å². The number of hydrogen-bond acceptors (Lipinski definition) is 8. The Morgan fingerprint density at radius 1 is 1.00 bits per heavy atom. The minimum Gasteiger partial charge on any atom is -0.496 e. The number of aryl methyl sites for hydroxylation is 1. The van der Waals surface area contributed by atoms with Gasteiger partial charge in [-0.1, -0.05) is 61.7 Å². The third kappa shape index (κ3) is 6.46. The van der Waals surface area contributed by atoms with Gasteiger partial charge >= 0.3 is 0 Å². The third-order valence-electron chi connectivity index (χ3n) is 7.80. The molecule has 0 saturated carbocycles. The van der Waals surface area contributed by atoms with E-state index >= 15 is 0 Å². The van der Waals surface area contributed by atoms with Crippen LogP contribution in [0.25, 0.3) is 22.2 Å². The Morgan fingerprint density at radius 3 is 2.52 bits per heavy atom. The molecule has 10 nitrogen and oxygen atoms in total. The number of anilines is 1. The van der Waals surface area contributed by atoms with Crippen molar-refractivity contribution in [3.63, 3.8) is 0 Å². The molecular formula is C34H39N7O3SSi. The quantitative estimate of drug-likeness (QED) is 0.110. The van der Waals surface area contributed by atoms with Crippen LogP contribution >= 0.6 is 11.8 Å². The first-order valence-corrected chi connectivity index (χ1v) is 19.8. The Morgan fingerprint density at radius 2 is 1.76 bits per heavy atom. The van der Waals surface area contributed by atoms with Crippen LogP contribution in [0.15, 0.2) is 94.0 Å². The van der Waals surface area contributed by atoms with Gasteiger partial charge in [-0.2, -0.15) is 5.10 Å². The number of nitrogens with one attached hydrogen (secondary N) is 1. The number of methoxy groups -OCH3 is 1. The lowest BCUT2D eigenvalue weighted by molar-refractivity contribution is 0.0896. The van der Waals surface area contributed by atoms with Gasteiger partial charge in [0.1, 0.15) is 35.8 Å². The zero-order valence-electron chi connectivity index (χ0n) is 27.0. The Balaban J connectivity index is 1.43. The third-order valence-corrected chi connectivity index (χ3v) is 10.6. The van der Waals surface area contributed by atoms with Crippen LogP contribution in [0, 0.1) is 6.92 Å². The summed E-state index contributed by atoms with van der Waals surface area (Å²) in [6.45, 7) is 12.0. The minimum atomic E-state index is -1.23. The maximum atomic E-state index is 13.9. The summed E-state index contributed by atoms with van der Waals surface area (Å²) in [6, 6.07) is 20.1. The van der Waals surface area contributed by atoms with E-state index in [0.29, 0.717) is 30.5 Å². The van der Waals surface area contributed by atoms with E-state index in [9.17, 15) is 4.79 Å². The monoisotopic (exact) mass is 653 g/mol. The molecule has 0 saturated heterocycles. The van der Waals surface area contributed by atoms with Crippen molar-refractivity contribution < 1.29 is 9.47 Å². The van der Waals surface area contributed by atoms with Crippen molar-refractivity contribution in [2.75, 3.05) is 19.0 Å². The van der Waals surface area contributed by atoms with E-state index < -0.39 is 14.1 Å². The predicted octanol–water partition coefficient (Wildman–Crippen LogP) is 7.18. The highest BCUT2D eigenvalue weighted by Gasteiger charge is 2.23. The molecule has 6 rings (SSSR count). The van der Waals surface area contributed by atoms with E-state index in [1.54, 1.807) is 34.3 Å². The van der Waals surface area contributed by atoms with E-state index in [-0.39, 0.29) is 5.56 Å². The van der Waals surface area contributed by atoms with Crippen molar-refractivity contribution >= 4 is 42.2 Å². The summed E-state index contributed by atoms with van der Waals surface area (Å²) in [7, 11) is 0.442. The predicted molar refractivity (Wildman–Crippen MR) is 186 cm³/mol. The average molecular weight is 654 g/mol. The van der Waals surface area contributed by atoms with Crippen LogP contribution in [-0.4, -0.2) is 50.5 Å². The van der Waals surface area contributed by atoms with Crippen molar-refractivity contribution in [3.8, 4) is 11.4 Å². The van der Waals surface area contributed by atoms with Crippen LogP contribution in [0.2, 0.25) is 25.7 Å². The van der Waals surface area contributed by atoms with Gasteiger partial charge in [-0.05, 0) is 55.8 Å². The second kappa shape index (κ2) is 13.1. The van der Waals surface area contributed by atoms with E-state index in [1.165, 1.54) is 0 Å². The summed E-state index contributed by atoms with van der Waals surface area (Å²) in [6.07, 6.45) is 5.45. The Labute approximate surface area is 273 Å². The van der Waals surface area contributed by atoms with E-state index in [4.69, 9.17) is 24.5 Å². The number of rotatable bonds is 12. The molecule has 0 aliphatic carbocycles. The Bertz CT molecular complexity index is 2050. The minimum absolute atomic E-state index is 0.130. The van der Waals surface area contributed by atoms with Gasteiger partial charge in [0.25, 0.3) is 5.56 Å². The van der Waals surface area contributed by atoms with Crippen LogP contribution in [0.4, 0.5) is 5.82 Å². The summed E-state index contributed by atoms with van der Waals surface area (Å²) >= 11 is 1.59. The highest BCUT2D eigenvalue weighted by atomic mass is 32.2. The molecule has 1 unspecified atom stereocenters. The van der Waals surface area contributed by atoms with E-state index in [0.717, 1.165) is 43.9 Å². The molecule has 4 heterocycles. The molecule has 12 heteroatoms. The lowest BCUT2D eigenvalue weighted by atomic mass is 10.2. The fourth-order valence-electron chi connectivity index (χ4n) is 5.34. The number of para-hydroxylation sites is 2. The summed E-state index contributed by atoms with van der Waals surface area (Å²) in [4.78, 5) is 25.3. The van der Waals surface area contributed by atoms with Crippen molar-refractivity contribution in [2.24, 2.45) is 0 Å². The molecule has 0 bridgehead atoms. The molecule has 6 aromatic rings. The standard InChI is InChI=1S/C34H39N7O3SSi/c1-23-16-17-40-30(23)34(42)41(25-12-8-7-9-13-25)32(38-40)24(2)37-31-29-28(45-27-15-11-10-14-26(27)43-3)20-39(33(29)36-21-35-31)22-44-18-19-46(4,5)6/h7-17,20-21,24H,18-19,22H2,1-6H3,(H,35,36,37). The lowest BCUT2D eigenvalue weighted by Gasteiger charge is -2.20. The number of nitrogens with zero attached hydrogens (tertiary/aromatic N) is 6. The second-order valence-corrected chi connectivity index (χ2v) is 19.2. The van der Waals surface area contributed by atoms with Gasteiger partial charge in [-0.3, -0.25) is 9.36 Å². The summed E-state index contributed by atoms with van der Waals surface area (Å²) < 4.78 is 17.2. The molecule has 0 radical (unpaired) electrons. The summed E-state index contributed by atoms with van der Waals surface area (Å²) in [5.41, 5.74) is 2.78. The van der Waals surface area contributed by atoms with Gasteiger partial charge in [0, 0.05) is 32.0 Å². The average Bonchev–Trinajstić information content (AvgIpc) is 3.59. The Kier molecular flexibility index (Phi) is 9.03. The number of benzene rings is 2. The maximum Gasteiger partial charge on any atom is 0.282 e. The number of aromatic nitrogens is 6. The SMILES string of the molecule is COc1ccccc1Sc1cn(COCC[Si](C)(C)C)c2ncnc(NC(C)c3nn4ccc(C)c4c(=O)n3-c3ccccc3)c12. The molecule has 0 amide bonds. The topological polar surface area (TPSA) is 100 Å². The number of ether oxygens (including phenoxy) is 2. The molecule has 4 aromatic heterocycles. The van der Waals surface area contributed by atoms with Gasteiger partial charge in [0.15, 0.2) is 5.82 Å². The van der Waals surface area contributed by atoms with Crippen molar-refractivity contribution in [1.82, 2.24) is 28.7 Å². The maximum absolute atomic E-state index is 13.9. The van der Waals surface area contributed by atoms with Gasteiger partial charge in [-0.15, -0.1) is 0 Å². The number of hydrogen-bond donors (Lipinski definition) is 1. The summed E-state index contributed by atoms with van der Waals surface area (Å²) in [5, 5.41) is 9.36. The molecule has 1 atom stereocenters. The molecule has 2 aromatic carbocycles. The van der Waals surface area contributed by atoms with E-state index in [1.807, 2.05) is 85.3 Å². The molecule has 238 valence electrons. The fraction of sp³-hybridized carbons (Fsp3) is 0.294. The van der Waals surface area contributed by atoms with Crippen LogP contribution in [0.3, 0.4) is 0 Å². The van der Waals surface area contributed by atoms with Crippen molar-refractivity contribution in [2.45, 2.75) is 62.1 Å². The summed E-state index contributed by atoms with van der Waals surface area (Å²) in [5.74, 6) is 1.97. The number of fused-ring (bicyclic) bond motifs is 2. The van der Waals surface area contributed by atoms with Crippen molar-refractivity contribution in [3.05, 3.63) is 101 Å². The molecule has 0 fully saturated rings. The van der Waals surface area contributed by atoms with Crippen LogP contribution < -0.4 is 15.6 Å². The highest BCUT2D eigenvalue weighted by Crippen LogP contribution is 2.41. The first kappa shape index (κ1) is 31.6. The largest absolute Gasteiger partial charge is 0.496 e. The molecule has 0 spiro atoms. The lowest BCUT2D eigenvalue weighted by Crippen LogP contribution is -2.29. The molecule has 0 aliphatic rings. The normalized spacial score (nSPS) is 12.6. The van der Waals surface area contributed by atoms with Gasteiger partial charge in [0.2, 0.25) is 0 Å². The van der Waals surface area contributed by atoms with Crippen molar-refractivity contribution in [1.29, 1.82) is 0 Å². The molecular weight excluding hydrogens is 615 g/mol. The van der Waals surface area contributed by atoms with Crippen LogP contribution in [-0.2, 0) is 11.5 Å². The molecule has 0 aliphatic heterocycles. The Hall–Kier alpha value is -4.39. The second-order valence-electron chi connectivity index (χ2n) is 12.5. The molecule has 1 N–H and O–H groups in total. The van der Waals surface area contributed by atoms with Gasteiger partial charge in [0.05, 0.1) is 29.1 Å². The smallest absolute Gasteiger partial charge is 0.282 e. The van der Waals surface area contributed by atoms with Gasteiger partial charge in [-0.25, -0.2) is 14.5 Å². The molecule has 46 heavy (non-hydrogen) atoms. The van der Waals surface area contributed by atoms with Crippen LogP contribution in [0.5, 0.6) is 5.75 Å². The fourth-order valence-corrected chi connectivity index (χ4v) is 7.21. The first-order valence-electron chi connectivity index (χ1n) is 15.3. The van der Waals surface area contributed by atoms with E-state index in [2.05, 4.69) is 31.2 Å².